The first kappa shape index (κ1) is 20.1. The van der Waals surface area contributed by atoms with E-state index in [4.69, 9.17) is 0 Å². The number of amides is 2. The number of hydrogen-bond acceptors (Lipinski definition) is 4. The van der Waals surface area contributed by atoms with E-state index in [1.807, 2.05) is 32.0 Å². The van der Waals surface area contributed by atoms with Crippen molar-refractivity contribution in [3.63, 3.8) is 0 Å². The zero-order valence-corrected chi connectivity index (χ0v) is 17.0. The second kappa shape index (κ2) is 7.75. The maximum atomic E-state index is 12.9. The van der Waals surface area contributed by atoms with Crippen molar-refractivity contribution >= 4 is 33.2 Å². The van der Waals surface area contributed by atoms with Crippen molar-refractivity contribution in [1.82, 2.24) is 0 Å². The number of benzene rings is 2. The normalized spacial score (nSPS) is 18.3. The second-order valence-corrected chi connectivity index (χ2v) is 8.81. The van der Waals surface area contributed by atoms with Crippen molar-refractivity contribution in [3.8, 4) is 0 Å². The Morgan fingerprint density at radius 3 is 2.25 bits per heavy atom. The number of carbonyl (C=O) groups excluding carboxylic acids is 2. The summed E-state index contributed by atoms with van der Waals surface area (Å²) in [7, 11) is -3.71. The molecule has 1 N–H and O–H groups in total. The largest absolute Gasteiger partial charge is 0.321 e. The third kappa shape index (κ3) is 3.67. The van der Waals surface area contributed by atoms with Gasteiger partial charge in [-0.3, -0.25) is 9.59 Å². The molecule has 0 radical (unpaired) electrons. The smallest absolute Gasteiger partial charge is 0.255 e. The third-order valence-corrected chi connectivity index (χ3v) is 6.81. The third-order valence-electron chi connectivity index (χ3n) is 4.94. The van der Waals surface area contributed by atoms with E-state index in [2.05, 4.69) is 5.32 Å². The van der Waals surface area contributed by atoms with Gasteiger partial charge in [-0.25, -0.2) is 12.7 Å². The van der Waals surface area contributed by atoms with E-state index in [0.29, 0.717) is 5.56 Å². The van der Waals surface area contributed by atoms with Gasteiger partial charge < -0.3 is 5.32 Å². The Morgan fingerprint density at radius 2 is 1.71 bits per heavy atom. The molecular weight excluding hydrogens is 376 g/mol. The molecule has 7 heteroatoms. The first-order valence-corrected chi connectivity index (χ1v) is 11.0. The topological polar surface area (TPSA) is 83.6 Å². The van der Waals surface area contributed by atoms with Gasteiger partial charge in [0.2, 0.25) is 15.9 Å². The van der Waals surface area contributed by atoms with E-state index >= 15 is 0 Å². The summed E-state index contributed by atoms with van der Waals surface area (Å²) < 4.78 is 25.5. The zero-order chi connectivity index (χ0) is 20.5. The number of aryl methyl sites for hydroxylation is 2. The Balaban J connectivity index is 1.94. The highest BCUT2D eigenvalue weighted by molar-refractivity contribution is 7.94. The van der Waals surface area contributed by atoms with Crippen molar-refractivity contribution in [2.75, 3.05) is 15.4 Å². The van der Waals surface area contributed by atoms with Gasteiger partial charge in [-0.15, -0.1) is 0 Å². The minimum absolute atomic E-state index is 0.196. The molecule has 1 heterocycles. The van der Waals surface area contributed by atoms with Gasteiger partial charge in [-0.2, -0.15) is 0 Å². The lowest BCUT2D eigenvalue weighted by Crippen LogP contribution is -2.30. The van der Waals surface area contributed by atoms with Crippen LogP contribution in [0.1, 0.15) is 42.3 Å². The van der Waals surface area contributed by atoms with E-state index in [1.165, 1.54) is 12.1 Å². The van der Waals surface area contributed by atoms with Crippen LogP contribution in [0.4, 0.5) is 11.4 Å². The Labute approximate surface area is 165 Å². The molecular formula is C21H24N2O4S. The lowest BCUT2D eigenvalue weighted by atomic mass is 10.0. The quantitative estimate of drug-likeness (QED) is 0.834. The summed E-state index contributed by atoms with van der Waals surface area (Å²) in [6.07, 6.45) is 1.56. The summed E-state index contributed by atoms with van der Waals surface area (Å²) >= 11 is 0. The molecule has 2 aromatic carbocycles. The summed E-state index contributed by atoms with van der Waals surface area (Å²) in [4.78, 5) is 25.2. The van der Waals surface area contributed by atoms with Gasteiger partial charge >= 0.3 is 0 Å². The maximum absolute atomic E-state index is 12.9. The van der Waals surface area contributed by atoms with Crippen LogP contribution in [-0.4, -0.2) is 26.0 Å². The van der Waals surface area contributed by atoms with E-state index < -0.39 is 21.8 Å². The lowest BCUT2D eigenvalue weighted by Gasteiger charge is -2.17. The number of anilines is 2. The highest BCUT2D eigenvalue weighted by Crippen LogP contribution is 2.29. The molecule has 2 amide bonds. The van der Waals surface area contributed by atoms with Gasteiger partial charge in [0.1, 0.15) is 0 Å². The summed E-state index contributed by atoms with van der Waals surface area (Å²) in [6, 6.07) is 12.1. The molecule has 148 valence electrons. The van der Waals surface area contributed by atoms with Crippen LogP contribution >= 0.6 is 0 Å². The van der Waals surface area contributed by atoms with Gasteiger partial charge in [-0.05, 0) is 42.2 Å². The summed E-state index contributed by atoms with van der Waals surface area (Å²) in [6.45, 7) is 5.64. The molecule has 1 aliphatic rings. The predicted molar refractivity (Wildman–Crippen MR) is 110 cm³/mol. The Kier molecular flexibility index (Phi) is 5.56. The molecule has 28 heavy (non-hydrogen) atoms. The Hall–Kier alpha value is -2.67. The molecule has 3 rings (SSSR count). The standard InChI is InChI=1S/C21H24N2O4S/c1-4-15-8-6-9-16(5-2)19(15)22-20(24)17-10-7-11-18(12-17)23-21(25)14(3)13-28(23,26)27/h6-12,14H,4-5,13H2,1-3H3,(H,22,24). The zero-order valence-electron chi connectivity index (χ0n) is 16.2. The van der Waals surface area contributed by atoms with Crippen LogP contribution in [0.15, 0.2) is 42.5 Å². The van der Waals surface area contributed by atoms with Gasteiger partial charge in [-0.1, -0.05) is 45.0 Å². The van der Waals surface area contributed by atoms with E-state index in [0.717, 1.165) is 34.0 Å². The van der Waals surface area contributed by atoms with Crippen LogP contribution in [0.2, 0.25) is 0 Å². The van der Waals surface area contributed by atoms with Gasteiger partial charge in [0, 0.05) is 11.3 Å². The monoisotopic (exact) mass is 400 g/mol. The minimum Gasteiger partial charge on any atom is -0.321 e. The molecule has 0 aromatic heterocycles. The van der Waals surface area contributed by atoms with E-state index in [-0.39, 0.29) is 17.3 Å². The number of rotatable bonds is 5. The van der Waals surface area contributed by atoms with Crippen molar-refractivity contribution in [1.29, 1.82) is 0 Å². The number of nitrogens with zero attached hydrogens (tertiary/aromatic N) is 1. The van der Waals surface area contributed by atoms with Crippen LogP contribution in [0.25, 0.3) is 0 Å². The average Bonchev–Trinajstić information content (AvgIpc) is 2.88. The van der Waals surface area contributed by atoms with Crippen LogP contribution in [0.3, 0.4) is 0 Å². The Bertz CT molecular complexity index is 1010. The van der Waals surface area contributed by atoms with Crippen molar-refractivity contribution < 1.29 is 18.0 Å². The van der Waals surface area contributed by atoms with Gasteiger partial charge in [0.25, 0.3) is 5.91 Å². The SMILES string of the molecule is CCc1cccc(CC)c1NC(=O)c1cccc(N2C(=O)C(C)CS2(=O)=O)c1. The number of nitrogens with one attached hydrogen (secondary N) is 1. The second-order valence-electron chi connectivity index (χ2n) is 6.95. The van der Waals surface area contributed by atoms with E-state index in [1.54, 1.807) is 19.1 Å². The molecule has 1 unspecified atom stereocenters. The highest BCUT2D eigenvalue weighted by atomic mass is 32.2. The predicted octanol–water partition coefficient (Wildman–Crippen LogP) is 3.38. The van der Waals surface area contributed by atoms with Crippen molar-refractivity contribution in [3.05, 3.63) is 59.2 Å². The van der Waals surface area contributed by atoms with Crippen LogP contribution < -0.4 is 9.62 Å². The number of carbonyl (C=O) groups is 2. The van der Waals surface area contributed by atoms with Crippen LogP contribution in [0, 0.1) is 5.92 Å². The molecule has 1 saturated heterocycles. The summed E-state index contributed by atoms with van der Waals surface area (Å²) in [5.74, 6) is -1.62. The fourth-order valence-electron chi connectivity index (χ4n) is 3.45. The van der Waals surface area contributed by atoms with Crippen molar-refractivity contribution in [2.24, 2.45) is 5.92 Å². The highest BCUT2D eigenvalue weighted by Gasteiger charge is 2.42. The van der Waals surface area contributed by atoms with Crippen LogP contribution in [-0.2, 0) is 27.7 Å². The molecule has 1 aliphatic heterocycles. The molecule has 1 atom stereocenters. The molecule has 0 saturated carbocycles. The van der Waals surface area contributed by atoms with Crippen molar-refractivity contribution in [2.45, 2.75) is 33.6 Å². The molecule has 6 nitrogen and oxygen atoms in total. The molecule has 2 aromatic rings. The molecule has 0 bridgehead atoms. The number of sulfonamides is 1. The Morgan fingerprint density at radius 1 is 1.11 bits per heavy atom. The van der Waals surface area contributed by atoms with E-state index in [9.17, 15) is 18.0 Å². The fraction of sp³-hybridized carbons (Fsp3) is 0.333. The van der Waals surface area contributed by atoms with Crippen LogP contribution in [0.5, 0.6) is 0 Å². The van der Waals surface area contributed by atoms with Gasteiger partial charge in [0.15, 0.2) is 0 Å². The summed E-state index contributed by atoms with van der Waals surface area (Å²) in [5.41, 5.74) is 3.36. The first-order valence-electron chi connectivity index (χ1n) is 9.37. The molecule has 0 spiro atoms. The molecule has 1 fully saturated rings. The maximum Gasteiger partial charge on any atom is 0.255 e. The average molecular weight is 401 g/mol. The fourth-order valence-corrected chi connectivity index (χ4v) is 5.26. The lowest BCUT2D eigenvalue weighted by molar-refractivity contribution is -0.119. The number of para-hydroxylation sites is 1. The molecule has 0 aliphatic carbocycles. The minimum atomic E-state index is -3.71. The number of hydrogen-bond donors (Lipinski definition) is 1. The van der Waals surface area contributed by atoms with Gasteiger partial charge in [0.05, 0.1) is 17.4 Å². The summed E-state index contributed by atoms with van der Waals surface area (Å²) in [5, 5.41) is 2.96. The first-order chi connectivity index (χ1) is 13.3.